The van der Waals surface area contributed by atoms with Gasteiger partial charge in [-0.25, -0.2) is 0 Å². The second-order valence-electron chi connectivity index (χ2n) is 7.00. The number of aliphatic hydroxyl groups is 1. The Bertz CT molecular complexity index is 290. The lowest BCUT2D eigenvalue weighted by Crippen LogP contribution is -2.38. The van der Waals surface area contributed by atoms with Gasteiger partial charge in [0.2, 0.25) is 0 Å². The predicted octanol–water partition coefficient (Wildman–Crippen LogP) is 3.05. The quantitative estimate of drug-likeness (QED) is 0.855. The molecule has 3 aliphatic rings. The summed E-state index contributed by atoms with van der Waals surface area (Å²) < 4.78 is 11.9. The molecule has 1 atom stereocenters. The van der Waals surface area contributed by atoms with Gasteiger partial charge in [0, 0.05) is 25.2 Å². The fourth-order valence-corrected chi connectivity index (χ4v) is 4.32. The van der Waals surface area contributed by atoms with Crippen molar-refractivity contribution in [3.63, 3.8) is 0 Å². The molecule has 1 unspecified atom stereocenters. The van der Waals surface area contributed by atoms with E-state index in [-0.39, 0.29) is 11.0 Å². The summed E-state index contributed by atoms with van der Waals surface area (Å²) in [7, 11) is 0. The van der Waals surface area contributed by atoms with E-state index in [1.54, 1.807) is 0 Å². The zero-order valence-electron chi connectivity index (χ0n) is 12.0. The first-order valence-corrected chi connectivity index (χ1v) is 8.12. The lowest BCUT2D eigenvalue weighted by atomic mass is 9.76. The maximum absolute atomic E-state index is 9.79. The molecule has 2 saturated heterocycles. The van der Waals surface area contributed by atoms with Crippen LogP contribution >= 0.6 is 0 Å². The molecule has 0 aromatic carbocycles. The van der Waals surface area contributed by atoms with Gasteiger partial charge in [-0.1, -0.05) is 19.3 Å². The Labute approximate surface area is 116 Å². The van der Waals surface area contributed by atoms with Crippen LogP contribution < -0.4 is 0 Å². The monoisotopic (exact) mass is 268 g/mol. The van der Waals surface area contributed by atoms with Gasteiger partial charge in [-0.2, -0.15) is 0 Å². The van der Waals surface area contributed by atoms with E-state index in [1.165, 1.54) is 44.9 Å². The Hall–Kier alpha value is -0.120. The van der Waals surface area contributed by atoms with E-state index in [0.29, 0.717) is 12.7 Å². The van der Waals surface area contributed by atoms with Crippen LogP contribution in [0.1, 0.15) is 64.2 Å². The van der Waals surface area contributed by atoms with Gasteiger partial charge in [0.25, 0.3) is 0 Å². The molecule has 1 saturated carbocycles. The number of ether oxygens (including phenoxy) is 2. The van der Waals surface area contributed by atoms with Gasteiger partial charge in [-0.3, -0.25) is 0 Å². The van der Waals surface area contributed by atoms with Crippen molar-refractivity contribution in [3.05, 3.63) is 0 Å². The minimum absolute atomic E-state index is 0.0725. The lowest BCUT2D eigenvalue weighted by molar-refractivity contribution is -0.0969. The van der Waals surface area contributed by atoms with Crippen LogP contribution in [0.5, 0.6) is 0 Å². The van der Waals surface area contributed by atoms with E-state index in [9.17, 15) is 5.11 Å². The summed E-state index contributed by atoms with van der Waals surface area (Å²) in [5.41, 5.74) is 0.286. The van der Waals surface area contributed by atoms with Crippen LogP contribution in [0.25, 0.3) is 0 Å². The predicted molar refractivity (Wildman–Crippen MR) is 74.1 cm³/mol. The van der Waals surface area contributed by atoms with E-state index in [4.69, 9.17) is 9.47 Å². The molecule has 0 amide bonds. The summed E-state index contributed by atoms with van der Waals surface area (Å²) in [6.45, 7) is 1.90. The third kappa shape index (κ3) is 2.98. The minimum Gasteiger partial charge on any atom is -0.396 e. The van der Waals surface area contributed by atoms with E-state index in [0.717, 1.165) is 32.5 Å². The highest BCUT2D eigenvalue weighted by molar-refractivity contribution is 4.94. The van der Waals surface area contributed by atoms with Crippen molar-refractivity contribution in [2.45, 2.75) is 75.9 Å². The molecule has 2 heterocycles. The topological polar surface area (TPSA) is 38.7 Å². The normalized spacial score (nSPS) is 33.6. The van der Waals surface area contributed by atoms with Gasteiger partial charge >= 0.3 is 0 Å². The molecule has 1 aliphatic carbocycles. The van der Waals surface area contributed by atoms with Crippen LogP contribution in [0, 0.1) is 5.41 Å². The summed E-state index contributed by atoms with van der Waals surface area (Å²) in [5, 5.41) is 9.79. The molecule has 3 fully saturated rings. The Morgan fingerprint density at radius 3 is 2.37 bits per heavy atom. The van der Waals surface area contributed by atoms with Crippen molar-refractivity contribution in [1.82, 2.24) is 0 Å². The smallest absolute Gasteiger partial charge is 0.0687 e. The first-order valence-electron chi connectivity index (χ1n) is 8.12. The third-order valence-electron chi connectivity index (χ3n) is 5.65. The fourth-order valence-electron chi connectivity index (χ4n) is 4.32. The Kier molecular flexibility index (Phi) is 4.16. The molecule has 0 bridgehead atoms. The number of hydrogen-bond donors (Lipinski definition) is 1. The van der Waals surface area contributed by atoms with Gasteiger partial charge in [0.15, 0.2) is 0 Å². The van der Waals surface area contributed by atoms with Crippen LogP contribution in [0.15, 0.2) is 0 Å². The highest BCUT2D eigenvalue weighted by Crippen LogP contribution is 2.46. The molecule has 0 radical (unpaired) electrons. The number of rotatable bonds is 3. The molecule has 1 N–H and O–H groups in total. The molecule has 2 aliphatic heterocycles. The van der Waals surface area contributed by atoms with Crippen molar-refractivity contribution in [2.24, 2.45) is 5.41 Å². The van der Waals surface area contributed by atoms with Gasteiger partial charge < -0.3 is 14.6 Å². The molecule has 110 valence electrons. The highest BCUT2D eigenvalue weighted by atomic mass is 16.5. The van der Waals surface area contributed by atoms with E-state index in [2.05, 4.69) is 0 Å². The summed E-state index contributed by atoms with van der Waals surface area (Å²) >= 11 is 0. The summed E-state index contributed by atoms with van der Waals surface area (Å²) in [5.74, 6) is 0. The van der Waals surface area contributed by atoms with Crippen molar-refractivity contribution < 1.29 is 14.6 Å². The van der Waals surface area contributed by atoms with Crippen molar-refractivity contribution in [3.8, 4) is 0 Å². The Morgan fingerprint density at radius 1 is 0.947 bits per heavy atom. The lowest BCUT2D eigenvalue weighted by Gasteiger charge is -2.39. The Balaban J connectivity index is 1.58. The van der Waals surface area contributed by atoms with Crippen molar-refractivity contribution in [1.29, 1.82) is 0 Å². The zero-order valence-corrected chi connectivity index (χ0v) is 12.0. The van der Waals surface area contributed by atoms with Gasteiger partial charge in [0.1, 0.15) is 0 Å². The molecule has 3 rings (SSSR count). The fraction of sp³-hybridized carbons (Fsp3) is 1.00. The molecule has 19 heavy (non-hydrogen) atoms. The second-order valence-corrected chi connectivity index (χ2v) is 7.00. The van der Waals surface area contributed by atoms with Crippen molar-refractivity contribution >= 4 is 0 Å². The SMILES string of the molecule is OCC1(CC2CCC3(CCCCC3)O2)CCOCC1. The van der Waals surface area contributed by atoms with Crippen LogP contribution in [-0.4, -0.2) is 36.6 Å². The summed E-state index contributed by atoms with van der Waals surface area (Å²) in [6, 6.07) is 0. The van der Waals surface area contributed by atoms with Crippen LogP contribution in [0.2, 0.25) is 0 Å². The molecule has 3 heteroatoms. The average Bonchev–Trinajstić information content (AvgIpc) is 2.83. The minimum atomic E-state index is 0.0725. The summed E-state index contributed by atoms with van der Waals surface area (Å²) in [4.78, 5) is 0. The van der Waals surface area contributed by atoms with Crippen molar-refractivity contribution in [2.75, 3.05) is 19.8 Å². The van der Waals surface area contributed by atoms with Gasteiger partial charge in [0.05, 0.1) is 11.7 Å². The van der Waals surface area contributed by atoms with Crippen LogP contribution in [0.3, 0.4) is 0 Å². The molecular formula is C16H28O3. The van der Waals surface area contributed by atoms with Gasteiger partial charge in [-0.15, -0.1) is 0 Å². The van der Waals surface area contributed by atoms with Crippen LogP contribution in [-0.2, 0) is 9.47 Å². The highest BCUT2D eigenvalue weighted by Gasteiger charge is 2.44. The number of aliphatic hydroxyl groups excluding tert-OH is 1. The largest absolute Gasteiger partial charge is 0.396 e. The van der Waals surface area contributed by atoms with Gasteiger partial charge in [-0.05, 0) is 44.9 Å². The molecule has 3 nitrogen and oxygen atoms in total. The van der Waals surface area contributed by atoms with E-state index < -0.39 is 0 Å². The maximum Gasteiger partial charge on any atom is 0.0687 e. The number of hydrogen-bond acceptors (Lipinski definition) is 3. The van der Waals surface area contributed by atoms with E-state index in [1.807, 2.05) is 0 Å². The van der Waals surface area contributed by atoms with E-state index >= 15 is 0 Å². The van der Waals surface area contributed by atoms with Crippen LogP contribution in [0.4, 0.5) is 0 Å². The molecule has 1 spiro atoms. The third-order valence-corrected chi connectivity index (χ3v) is 5.65. The second kappa shape index (κ2) is 5.71. The molecule has 0 aromatic heterocycles. The summed E-state index contributed by atoms with van der Waals surface area (Å²) in [6.07, 6.45) is 12.4. The average molecular weight is 268 g/mol. The standard InChI is InChI=1S/C16H28O3/c17-13-15(8-10-18-11-9-15)12-14-4-7-16(19-14)5-2-1-3-6-16/h14,17H,1-13H2. The first kappa shape index (κ1) is 13.8. The Morgan fingerprint density at radius 2 is 1.68 bits per heavy atom. The zero-order chi connectivity index (χ0) is 13.2. The molecular weight excluding hydrogens is 240 g/mol. The maximum atomic E-state index is 9.79. The first-order chi connectivity index (χ1) is 9.26. The molecule has 0 aromatic rings.